The van der Waals surface area contributed by atoms with Gasteiger partial charge in [0.05, 0.1) is 5.75 Å². The number of hydrogen-bond donors (Lipinski definition) is 0. The van der Waals surface area contributed by atoms with Crippen LogP contribution in [-0.4, -0.2) is 39.8 Å². The lowest BCUT2D eigenvalue weighted by Crippen LogP contribution is -2.35. The first kappa shape index (κ1) is 18.9. The van der Waals surface area contributed by atoms with Crippen LogP contribution in [0.5, 0.6) is 0 Å². The van der Waals surface area contributed by atoms with Crippen LogP contribution < -0.4 is 0 Å². The van der Waals surface area contributed by atoms with Gasteiger partial charge in [0.1, 0.15) is 10.7 Å². The molecule has 2 aromatic carbocycles. The third-order valence-electron chi connectivity index (χ3n) is 5.24. The molecule has 0 spiro atoms. The molecule has 0 N–H and O–H groups in total. The lowest BCUT2D eigenvalue weighted by Gasteiger charge is -2.24. The van der Waals surface area contributed by atoms with Crippen LogP contribution in [0.1, 0.15) is 32.1 Å². The summed E-state index contributed by atoms with van der Waals surface area (Å²) in [5.41, 5.74) is 1.94. The minimum absolute atomic E-state index is 0.213. The molecule has 1 aliphatic rings. The lowest BCUT2D eigenvalue weighted by atomic mass is 10.1. The molecule has 0 bridgehead atoms. The van der Waals surface area contributed by atoms with Gasteiger partial charge in [-0.25, -0.2) is 0 Å². The van der Waals surface area contributed by atoms with Crippen molar-refractivity contribution in [3.8, 4) is 11.3 Å². The van der Waals surface area contributed by atoms with Crippen LogP contribution >= 0.6 is 11.8 Å². The number of amides is 1. The molecule has 0 aliphatic carbocycles. The third-order valence-corrected chi connectivity index (χ3v) is 6.21. The summed E-state index contributed by atoms with van der Waals surface area (Å²) in [6.45, 7) is 1.78. The fourth-order valence-corrected chi connectivity index (χ4v) is 4.59. The van der Waals surface area contributed by atoms with Gasteiger partial charge in [0.15, 0.2) is 0 Å². The second kappa shape index (κ2) is 9.20. The normalized spacial score (nSPS) is 15.2. The van der Waals surface area contributed by atoms with Gasteiger partial charge in [-0.3, -0.25) is 4.79 Å². The Morgan fingerprint density at radius 3 is 2.21 bits per heavy atom. The number of hydrogen-bond acceptors (Lipinski definition) is 4. The molecule has 5 heteroatoms. The molecule has 1 aliphatic heterocycles. The number of rotatable bonds is 4. The Labute approximate surface area is 170 Å². The van der Waals surface area contributed by atoms with E-state index in [0.29, 0.717) is 5.75 Å². The topological polar surface area (TPSA) is 46.1 Å². The average Bonchev–Trinajstić information content (AvgIpc) is 2.72. The minimum atomic E-state index is 0.213. The van der Waals surface area contributed by atoms with Crippen LogP contribution in [0.25, 0.3) is 22.0 Å². The van der Waals surface area contributed by atoms with Crippen molar-refractivity contribution >= 4 is 28.4 Å². The van der Waals surface area contributed by atoms with Gasteiger partial charge in [-0.1, -0.05) is 85.6 Å². The number of carbonyl (C=O) groups excluding carboxylic acids is 1. The Morgan fingerprint density at radius 1 is 0.821 bits per heavy atom. The predicted molar refractivity (Wildman–Crippen MR) is 115 cm³/mol. The molecule has 3 aromatic rings. The second-order valence-corrected chi connectivity index (χ2v) is 8.17. The molecule has 144 valence electrons. The van der Waals surface area contributed by atoms with E-state index in [2.05, 4.69) is 34.5 Å². The average molecular weight is 392 g/mol. The number of aromatic nitrogens is 2. The van der Waals surface area contributed by atoms with Gasteiger partial charge in [0.25, 0.3) is 0 Å². The van der Waals surface area contributed by atoms with Crippen LogP contribution in [-0.2, 0) is 4.79 Å². The molecule has 1 amide bonds. The molecule has 0 unspecified atom stereocenters. The van der Waals surface area contributed by atoms with Crippen molar-refractivity contribution in [2.24, 2.45) is 0 Å². The van der Waals surface area contributed by atoms with Gasteiger partial charge in [-0.15, -0.1) is 10.2 Å². The fraction of sp³-hybridized carbons (Fsp3) is 0.348. The summed E-state index contributed by atoms with van der Waals surface area (Å²) >= 11 is 1.50. The molecule has 1 fully saturated rings. The lowest BCUT2D eigenvalue weighted by molar-refractivity contribution is -0.128. The monoisotopic (exact) mass is 391 g/mol. The summed E-state index contributed by atoms with van der Waals surface area (Å²) in [6.07, 6.45) is 5.99. The molecule has 0 saturated carbocycles. The van der Waals surface area contributed by atoms with E-state index in [1.165, 1.54) is 31.0 Å². The van der Waals surface area contributed by atoms with Gasteiger partial charge >= 0.3 is 0 Å². The number of nitrogens with zero attached hydrogens (tertiary/aromatic N) is 3. The number of thioether (sulfide) groups is 1. The van der Waals surface area contributed by atoms with E-state index in [1.54, 1.807) is 0 Å². The number of likely N-dealkylation sites (tertiary alicyclic amines) is 1. The standard InChI is InChI=1S/C23H25N3OS/c27-21(26-15-9-2-1-3-10-16-26)17-28-23-20-14-8-7-13-19(20)22(24-25-23)18-11-5-4-6-12-18/h4-8,11-14H,1-3,9-10,15-17H2. The summed E-state index contributed by atoms with van der Waals surface area (Å²) in [5.74, 6) is 0.633. The molecule has 4 nitrogen and oxygen atoms in total. The zero-order chi connectivity index (χ0) is 19.2. The van der Waals surface area contributed by atoms with Gasteiger partial charge in [-0.05, 0) is 12.8 Å². The van der Waals surface area contributed by atoms with E-state index in [9.17, 15) is 4.79 Å². The highest BCUT2D eigenvalue weighted by atomic mass is 32.2. The number of benzene rings is 2. The molecule has 2 heterocycles. The van der Waals surface area contributed by atoms with Gasteiger partial charge in [0.2, 0.25) is 5.91 Å². The molecular formula is C23H25N3OS. The highest BCUT2D eigenvalue weighted by Gasteiger charge is 2.17. The van der Waals surface area contributed by atoms with Gasteiger partial charge in [0, 0.05) is 29.4 Å². The van der Waals surface area contributed by atoms with Crippen molar-refractivity contribution in [3.63, 3.8) is 0 Å². The number of carbonyl (C=O) groups is 1. The Kier molecular flexibility index (Phi) is 6.22. The van der Waals surface area contributed by atoms with Gasteiger partial charge < -0.3 is 4.90 Å². The van der Waals surface area contributed by atoms with Crippen LogP contribution in [0.15, 0.2) is 59.6 Å². The highest BCUT2D eigenvalue weighted by Crippen LogP contribution is 2.31. The summed E-state index contributed by atoms with van der Waals surface area (Å²) in [6, 6.07) is 18.3. The molecule has 1 aromatic heterocycles. The van der Waals surface area contributed by atoms with E-state index in [-0.39, 0.29) is 5.91 Å². The summed E-state index contributed by atoms with van der Waals surface area (Å²) in [7, 11) is 0. The maximum atomic E-state index is 12.7. The second-order valence-electron chi connectivity index (χ2n) is 7.20. The molecule has 4 rings (SSSR count). The Bertz CT molecular complexity index is 937. The minimum Gasteiger partial charge on any atom is -0.342 e. The van der Waals surface area contributed by atoms with Crippen LogP contribution in [0, 0.1) is 0 Å². The summed E-state index contributed by atoms with van der Waals surface area (Å²) < 4.78 is 0. The summed E-state index contributed by atoms with van der Waals surface area (Å²) in [5, 5.41) is 11.9. The van der Waals surface area contributed by atoms with Crippen molar-refractivity contribution in [1.29, 1.82) is 0 Å². The molecule has 1 saturated heterocycles. The quantitative estimate of drug-likeness (QED) is 0.575. The SMILES string of the molecule is O=C(CSc1nnc(-c2ccccc2)c2ccccc12)N1CCCCCCC1. The molecule has 28 heavy (non-hydrogen) atoms. The Hall–Kier alpha value is -2.40. The van der Waals surface area contributed by atoms with E-state index < -0.39 is 0 Å². The zero-order valence-corrected chi connectivity index (χ0v) is 16.8. The molecule has 0 radical (unpaired) electrons. The van der Waals surface area contributed by atoms with Crippen molar-refractivity contribution < 1.29 is 4.79 Å². The van der Waals surface area contributed by atoms with Crippen LogP contribution in [0.4, 0.5) is 0 Å². The number of fused-ring (bicyclic) bond motifs is 1. The Morgan fingerprint density at radius 2 is 1.46 bits per heavy atom. The van der Waals surface area contributed by atoms with Crippen LogP contribution in [0.3, 0.4) is 0 Å². The first-order chi connectivity index (χ1) is 13.8. The fourth-order valence-electron chi connectivity index (χ4n) is 3.71. The van der Waals surface area contributed by atoms with E-state index in [1.807, 2.05) is 35.2 Å². The largest absolute Gasteiger partial charge is 0.342 e. The van der Waals surface area contributed by atoms with Crippen molar-refractivity contribution in [1.82, 2.24) is 15.1 Å². The first-order valence-electron chi connectivity index (χ1n) is 10.0. The van der Waals surface area contributed by atoms with Crippen molar-refractivity contribution in [2.75, 3.05) is 18.8 Å². The summed E-state index contributed by atoms with van der Waals surface area (Å²) in [4.78, 5) is 14.7. The highest BCUT2D eigenvalue weighted by molar-refractivity contribution is 8.00. The maximum absolute atomic E-state index is 12.7. The van der Waals surface area contributed by atoms with E-state index in [0.717, 1.165) is 53.0 Å². The van der Waals surface area contributed by atoms with Gasteiger partial charge in [-0.2, -0.15) is 0 Å². The van der Waals surface area contributed by atoms with E-state index >= 15 is 0 Å². The third kappa shape index (κ3) is 4.36. The smallest absolute Gasteiger partial charge is 0.232 e. The predicted octanol–water partition coefficient (Wildman–Crippen LogP) is 5.18. The molecule has 0 atom stereocenters. The zero-order valence-electron chi connectivity index (χ0n) is 16.0. The van der Waals surface area contributed by atoms with E-state index in [4.69, 9.17) is 0 Å². The maximum Gasteiger partial charge on any atom is 0.232 e. The van der Waals surface area contributed by atoms with Crippen LogP contribution in [0.2, 0.25) is 0 Å². The van der Waals surface area contributed by atoms with Crippen molar-refractivity contribution in [3.05, 3.63) is 54.6 Å². The molecular weight excluding hydrogens is 366 g/mol. The van der Waals surface area contributed by atoms with Crippen molar-refractivity contribution in [2.45, 2.75) is 37.1 Å². The Balaban J connectivity index is 1.54. The first-order valence-corrected chi connectivity index (χ1v) is 11.0.